The second-order valence-electron chi connectivity index (χ2n) is 9.24. The van der Waals surface area contributed by atoms with Gasteiger partial charge in [-0.25, -0.2) is 22.5 Å². The number of hydrogen-bond acceptors (Lipinski definition) is 6. The molecule has 1 aliphatic heterocycles. The maximum atomic E-state index is 13.4. The number of halogens is 1. The highest BCUT2D eigenvalue weighted by molar-refractivity contribution is 7.89. The van der Waals surface area contributed by atoms with Gasteiger partial charge < -0.3 is 14.1 Å². The van der Waals surface area contributed by atoms with E-state index in [4.69, 9.17) is 9.15 Å². The Kier molecular flexibility index (Phi) is 7.17. The zero-order valence-corrected chi connectivity index (χ0v) is 20.5. The molecule has 8 nitrogen and oxygen atoms in total. The summed E-state index contributed by atoms with van der Waals surface area (Å²) in [6, 6.07) is 12.2. The van der Waals surface area contributed by atoms with Crippen molar-refractivity contribution in [2.24, 2.45) is 5.92 Å². The van der Waals surface area contributed by atoms with Gasteiger partial charge in [0.15, 0.2) is 6.39 Å². The fourth-order valence-corrected chi connectivity index (χ4v) is 6.27. The second-order valence-corrected chi connectivity index (χ2v) is 11.0. The van der Waals surface area contributed by atoms with Crippen LogP contribution >= 0.6 is 0 Å². The topological polar surface area (TPSA) is 102 Å². The van der Waals surface area contributed by atoms with Gasteiger partial charge in [0.2, 0.25) is 15.9 Å². The van der Waals surface area contributed by atoms with E-state index in [1.54, 1.807) is 36.4 Å². The molecule has 1 saturated heterocycles. The Hall–Kier alpha value is -3.08. The smallest absolute Gasteiger partial charge is 0.240 e. The highest BCUT2D eigenvalue weighted by Crippen LogP contribution is 2.32. The first-order valence-electron chi connectivity index (χ1n) is 12.1. The molecule has 190 valence electrons. The molecule has 2 heterocycles. The average molecular weight is 514 g/mol. The first-order chi connectivity index (χ1) is 17.4. The van der Waals surface area contributed by atoms with Crippen LogP contribution in [0.5, 0.6) is 0 Å². The van der Waals surface area contributed by atoms with Crippen molar-refractivity contribution in [3.63, 3.8) is 0 Å². The van der Waals surface area contributed by atoms with Crippen LogP contribution in [0, 0.1) is 11.7 Å². The molecule has 36 heavy (non-hydrogen) atoms. The lowest BCUT2D eigenvalue weighted by Crippen LogP contribution is -2.47. The Labute approximate surface area is 209 Å². The van der Waals surface area contributed by atoms with Gasteiger partial charge >= 0.3 is 0 Å². The zero-order chi connectivity index (χ0) is 25.1. The average Bonchev–Trinajstić information content (AvgIpc) is 3.44. The minimum absolute atomic E-state index is 0.0531. The number of benzene rings is 2. The second kappa shape index (κ2) is 10.5. The predicted molar refractivity (Wildman–Crippen MR) is 130 cm³/mol. The third kappa shape index (κ3) is 5.35. The van der Waals surface area contributed by atoms with Gasteiger partial charge in [-0.15, -0.1) is 0 Å². The monoisotopic (exact) mass is 513 g/mol. The zero-order valence-electron chi connectivity index (χ0n) is 19.7. The largest absolute Gasteiger partial charge is 0.451 e. The van der Waals surface area contributed by atoms with E-state index >= 15 is 0 Å². The van der Waals surface area contributed by atoms with Gasteiger partial charge in [-0.05, 0) is 55.5 Å². The normalized spacial score (nSPS) is 22.9. The Balaban J connectivity index is 1.19. The van der Waals surface area contributed by atoms with Crippen molar-refractivity contribution < 1.29 is 26.8 Å². The summed E-state index contributed by atoms with van der Waals surface area (Å²) in [7, 11) is -3.69. The molecule has 1 amide bonds. The van der Waals surface area contributed by atoms with Crippen molar-refractivity contribution in [1.82, 2.24) is 14.6 Å². The van der Waals surface area contributed by atoms with Gasteiger partial charge in [0.1, 0.15) is 17.8 Å². The summed E-state index contributed by atoms with van der Waals surface area (Å²) in [5, 5.41) is 0. The van der Waals surface area contributed by atoms with E-state index in [-0.39, 0.29) is 34.6 Å². The van der Waals surface area contributed by atoms with Crippen molar-refractivity contribution in [3.8, 4) is 11.3 Å². The number of amides is 1. The number of sulfonamides is 1. The van der Waals surface area contributed by atoms with Gasteiger partial charge in [0.05, 0.1) is 24.2 Å². The van der Waals surface area contributed by atoms with Gasteiger partial charge in [-0.3, -0.25) is 4.79 Å². The Morgan fingerprint density at radius 3 is 2.42 bits per heavy atom. The molecule has 10 heteroatoms. The van der Waals surface area contributed by atoms with Gasteiger partial charge in [-0.2, -0.15) is 0 Å². The van der Waals surface area contributed by atoms with Gasteiger partial charge in [-0.1, -0.05) is 24.3 Å². The van der Waals surface area contributed by atoms with Gasteiger partial charge in [0, 0.05) is 24.1 Å². The lowest BCUT2D eigenvalue weighted by molar-refractivity contribution is -0.145. The Morgan fingerprint density at radius 1 is 1.03 bits per heavy atom. The summed E-state index contributed by atoms with van der Waals surface area (Å²) in [5.41, 5.74) is 2.25. The highest BCUT2D eigenvalue weighted by atomic mass is 32.2. The van der Waals surface area contributed by atoms with Crippen LogP contribution in [-0.4, -0.2) is 50.0 Å². The molecule has 0 spiro atoms. The SMILES string of the molecule is O=C(C1CCC(NS(=O)(=O)c2ccc(-c3cocn3)cc2)CC1)N1CCOC[C@@H]1c1ccc(F)cc1. The molecule has 1 aliphatic carbocycles. The third-order valence-corrected chi connectivity index (χ3v) is 8.49. The maximum Gasteiger partial charge on any atom is 0.240 e. The molecule has 3 aromatic rings. The van der Waals surface area contributed by atoms with E-state index in [0.29, 0.717) is 51.1 Å². The Morgan fingerprint density at radius 2 is 1.75 bits per heavy atom. The molecule has 1 N–H and O–H groups in total. The number of carbonyl (C=O) groups excluding carboxylic acids is 1. The lowest BCUT2D eigenvalue weighted by atomic mass is 9.85. The van der Waals surface area contributed by atoms with Crippen molar-refractivity contribution >= 4 is 15.9 Å². The van der Waals surface area contributed by atoms with E-state index in [9.17, 15) is 17.6 Å². The number of morpholine rings is 1. The minimum atomic E-state index is -3.69. The molecule has 1 aromatic heterocycles. The molecular formula is C26H28FN3O5S. The molecule has 2 fully saturated rings. The minimum Gasteiger partial charge on any atom is -0.451 e. The van der Waals surface area contributed by atoms with Crippen molar-refractivity contribution in [3.05, 3.63) is 72.6 Å². The van der Waals surface area contributed by atoms with Crippen LogP contribution in [0.1, 0.15) is 37.3 Å². The molecule has 2 aliphatic rings. The standard InChI is InChI=1S/C26H28FN3O5S/c27-21-7-1-19(2-8-21)25-16-34-14-13-30(25)26(31)20-3-9-22(10-4-20)29-36(32,33)23-11-5-18(6-12-23)24-15-35-17-28-24/h1-2,5-8,11-12,15,17,20,22,25,29H,3-4,9-10,13-14,16H2/t20?,22?,25-/m1/s1. The van der Waals surface area contributed by atoms with E-state index in [2.05, 4.69) is 9.71 Å². The number of rotatable bonds is 6. The highest BCUT2D eigenvalue weighted by Gasteiger charge is 2.35. The third-order valence-electron chi connectivity index (χ3n) is 6.96. The van der Waals surface area contributed by atoms with Crippen LogP contribution in [0.2, 0.25) is 0 Å². The summed E-state index contributed by atoms with van der Waals surface area (Å²) >= 11 is 0. The van der Waals surface area contributed by atoms with Gasteiger partial charge in [0.25, 0.3) is 0 Å². The number of ether oxygens (including phenoxy) is 1. The molecule has 0 unspecified atom stereocenters. The van der Waals surface area contributed by atoms with E-state index in [0.717, 1.165) is 11.1 Å². The number of aromatic nitrogens is 1. The van der Waals surface area contributed by atoms with Crippen LogP contribution in [0.15, 0.2) is 70.5 Å². The van der Waals surface area contributed by atoms with Crippen molar-refractivity contribution in [2.75, 3.05) is 19.8 Å². The van der Waals surface area contributed by atoms with Crippen LogP contribution in [-0.2, 0) is 19.6 Å². The first kappa shape index (κ1) is 24.6. The molecule has 2 aromatic carbocycles. The van der Waals surface area contributed by atoms with E-state index in [1.165, 1.54) is 24.8 Å². The number of carbonyl (C=O) groups is 1. The number of hydrogen-bond donors (Lipinski definition) is 1. The molecule has 1 atom stereocenters. The molecule has 0 bridgehead atoms. The number of nitrogens with zero attached hydrogens (tertiary/aromatic N) is 2. The van der Waals surface area contributed by atoms with Crippen LogP contribution in [0.3, 0.4) is 0 Å². The summed E-state index contributed by atoms with van der Waals surface area (Å²) in [5.74, 6) is -0.439. The molecule has 1 saturated carbocycles. The van der Waals surface area contributed by atoms with Crippen molar-refractivity contribution in [2.45, 2.75) is 42.7 Å². The molecule has 0 radical (unpaired) electrons. The van der Waals surface area contributed by atoms with Crippen LogP contribution in [0.25, 0.3) is 11.3 Å². The lowest BCUT2D eigenvalue weighted by Gasteiger charge is -2.39. The maximum absolute atomic E-state index is 13.4. The quantitative estimate of drug-likeness (QED) is 0.536. The summed E-state index contributed by atoms with van der Waals surface area (Å²) in [4.78, 5) is 19.5. The fraction of sp³-hybridized carbons (Fsp3) is 0.385. The Bertz CT molecular complexity index is 1270. The summed E-state index contributed by atoms with van der Waals surface area (Å²) in [6.07, 6.45) is 5.19. The van der Waals surface area contributed by atoms with E-state index < -0.39 is 10.0 Å². The molecule has 5 rings (SSSR count). The van der Waals surface area contributed by atoms with E-state index in [1.807, 2.05) is 4.90 Å². The van der Waals surface area contributed by atoms with Crippen LogP contribution in [0.4, 0.5) is 4.39 Å². The number of oxazole rings is 1. The predicted octanol–water partition coefficient (Wildman–Crippen LogP) is 3.92. The van der Waals surface area contributed by atoms with Crippen LogP contribution < -0.4 is 4.72 Å². The first-order valence-corrected chi connectivity index (χ1v) is 13.5. The summed E-state index contributed by atoms with van der Waals surface area (Å²) < 4.78 is 52.6. The summed E-state index contributed by atoms with van der Waals surface area (Å²) in [6.45, 7) is 1.33. The van der Waals surface area contributed by atoms with Crippen molar-refractivity contribution in [1.29, 1.82) is 0 Å². The fourth-order valence-electron chi connectivity index (χ4n) is 4.97. The number of nitrogens with one attached hydrogen (secondary N) is 1. The molecular weight excluding hydrogens is 485 g/mol.